The van der Waals surface area contributed by atoms with Crippen molar-refractivity contribution in [3.8, 4) is 69.0 Å². The van der Waals surface area contributed by atoms with Gasteiger partial charge in [0.1, 0.15) is 74.1 Å². The van der Waals surface area contributed by atoms with Gasteiger partial charge in [0, 0.05) is 42.7 Å². The Labute approximate surface area is 800 Å². The summed E-state index contributed by atoms with van der Waals surface area (Å²) in [6.07, 6.45) is 0. The topological polar surface area (TPSA) is 379 Å². The van der Waals surface area contributed by atoms with Crippen molar-refractivity contribution >= 4 is 68.1 Å². The summed E-state index contributed by atoms with van der Waals surface area (Å²) in [5.41, 5.74) is 0.143. The normalized spacial score (nSPS) is 11.3. The van der Waals surface area contributed by atoms with E-state index in [-0.39, 0.29) is 179 Å². The van der Waals surface area contributed by atoms with Crippen molar-refractivity contribution in [3.05, 3.63) is 215 Å². The van der Waals surface area contributed by atoms with Gasteiger partial charge in [0.15, 0.2) is 34.5 Å². The van der Waals surface area contributed by atoms with Crippen molar-refractivity contribution in [1.82, 2.24) is 0 Å². The first-order valence-corrected chi connectivity index (χ1v) is 44.9. The smallest absolute Gasteiger partial charge is 0.343 e. The van der Waals surface area contributed by atoms with E-state index < -0.39 is 35.8 Å². The fourth-order valence-electron chi connectivity index (χ4n) is 12.7. The monoisotopic (exact) mass is 1920 g/mol. The predicted octanol–water partition coefficient (Wildman–Crippen LogP) is 12.8. The quantitative estimate of drug-likeness (QED) is 0.0148. The van der Waals surface area contributed by atoms with Crippen molar-refractivity contribution < 1.29 is 171 Å². The third-order valence-electron chi connectivity index (χ3n) is 19.7. The van der Waals surface area contributed by atoms with Gasteiger partial charge in [-0.25, -0.2) is 28.8 Å². The van der Waals surface area contributed by atoms with Crippen LogP contribution < -0.4 is 56.8 Å². The van der Waals surface area contributed by atoms with Gasteiger partial charge < -0.3 is 142 Å². The van der Waals surface area contributed by atoms with Gasteiger partial charge >= 0.3 is 35.8 Å². The van der Waals surface area contributed by atoms with Gasteiger partial charge in [-0.3, -0.25) is 0 Å². The standard InChI is InChI=1S/C102H120O36/c1-109-31-37-115-43-49-121-55-61-127-79-19-7-73(8-20-79)97(103)133-91-67-85-86(68-92(91)134-98(104)74-9-21-80(22-10-74)128-62-56-122-50-44-116-38-32-110-2)88-70-94(136-100(106)76-13-25-82(26-14-76)130-64-58-124-52-46-118-40-34-112-4)96(138-102(108)78-17-29-84(30-18-78)132-66-60-126-54-48-120-42-36-114-6)72-90(88)89-71-95(137-101(107)77-15-27-83(28-16-77)131-65-59-125-53-47-119-41-35-113-5)93(69-87(85)89)135-99(105)75-11-23-81(24-12-75)129-63-57-123-51-45-117-39-33-111-3/h7-30,67-72H,31-66H2,1-6H3. The molecule has 10 rings (SSSR count). The molecule has 0 aliphatic heterocycles. The van der Waals surface area contributed by atoms with Crippen LogP contribution in [0.3, 0.4) is 0 Å². The second-order valence-corrected chi connectivity index (χ2v) is 29.4. The van der Waals surface area contributed by atoms with Crippen LogP contribution in [0.1, 0.15) is 62.1 Å². The van der Waals surface area contributed by atoms with Crippen LogP contribution in [0.5, 0.6) is 69.0 Å². The van der Waals surface area contributed by atoms with Crippen LogP contribution in [0, 0.1) is 0 Å². The van der Waals surface area contributed by atoms with Crippen molar-refractivity contribution in [2.24, 2.45) is 0 Å². The molecule has 36 nitrogen and oxygen atoms in total. The summed E-state index contributed by atoms with van der Waals surface area (Å²) in [7, 11) is 9.51. The highest BCUT2D eigenvalue weighted by atomic mass is 16.6. The SMILES string of the molecule is COCCOCCOCCOc1ccc(C(=O)Oc2cc3c4cc(OC(=O)c5ccc(OCCOCCOCCOC)cc5)c(OC(=O)c5ccc(OCCOCCOCCOC)cc5)cc4c4cc(OC(=O)c5ccc(OCCOCCOCCOC)cc5)c(OC(=O)c5ccc(OCCOCCOCCOC)cc5)cc4c3cc2OC(=O)c2ccc(OCCOCCOCCOC)cc2)cc1. The van der Waals surface area contributed by atoms with Gasteiger partial charge in [0.2, 0.25) is 0 Å². The van der Waals surface area contributed by atoms with E-state index in [4.69, 9.17) is 142 Å². The third-order valence-corrected chi connectivity index (χ3v) is 19.7. The number of ether oxygens (including phenoxy) is 30. The molecule has 0 heterocycles. The minimum atomic E-state index is -0.936. The van der Waals surface area contributed by atoms with E-state index in [1.54, 1.807) is 115 Å². The number of carbonyl (C=O) groups is 6. The first-order valence-electron chi connectivity index (χ1n) is 44.9. The zero-order valence-electron chi connectivity index (χ0n) is 78.5. The molecule has 0 N–H and O–H groups in total. The minimum absolute atomic E-state index is 0.0238. The average molecular weight is 1920 g/mol. The summed E-state index contributed by atoms with van der Waals surface area (Å²) >= 11 is 0. The molecule has 744 valence electrons. The minimum Gasteiger partial charge on any atom is -0.491 e. The molecule has 0 aliphatic rings. The highest BCUT2D eigenvalue weighted by Gasteiger charge is 2.28. The fourth-order valence-corrected chi connectivity index (χ4v) is 12.7. The van der Waals surface area contributed by atoms with Gasteiger partial charge in [-0.2, -0.15) is 0 Å². The van der Waals surface area contributed by atoms with Gasteiger partial charge in [-0.15, -0.1) is 0 Å². The van der Waals surface area contributed by atoms with Gasteiger partial charge in [-0.1, -0.05) is 0 Å². The fraction of sp³-hybridized carbons (Fsp3) is 0.412. The number of methoxy groups -OCH3 is 6. The number of fused-ring (bicyclic) bond motifs is 6. The number of esters is 6. The van der Waals surface area contributed by atoms with E-state index in [2.05, 4.69) is 0 Å². The van der Waals surface area contributed by atoms with Crippen LogP contribution in [0.2, 0.25) is 0 Å². The molecule has 0 unspecified atom stereocenters. The Morgan fingerprint density at radius 1 is 0.152 bits per heavy atom. The Bertz CT molecular complexity index is 4380. The molecule has 0 aromatic heterocycles. The van der Waals surface area contributed by atoms with E-state index >= 15 is 0 Å². The molecule has 36 heteroatoms. The Hall–Kier alpha value is -12.1. The molecule has 10 aromatic carbocycles. The number of hydrogen-bond donors (Lipinski definition) is 0. The van der Waals surface area contributed by atoms with E-state index in [0.717, 1.165) is 0 Å². The first kappa shape index (κ1) is 108. The van der Waals surface area contributed by atoms with Gasteiger partial charge in [0.05, 0.1) is 232 Å². The lowest BCUT2D eigenvalue weighted by Gasteiger charge is -2.19. The molecule has 0 spiro atoms. The van der Waals surface area contributed by atoms with Gasteiger partial charge in [-0.05, 0) is 214 Å². The van der Waals surface area contributed by atoms with Crippen LogP contribution in [0.25, 0.3) is 32.3 Å². The van der Waals surface area contributed by atoms with Crippen LogP contribution in [-0.4, -0.2) is 316 Å². The van der Waals surface area contributed by atoms with E-state index in [0.29, 0.717) is 193 Å². The van der Waals surface area contributed by atoms with Crippen molar-refractivity contribution in [2.75, 3.05) is 281 Å². The van der Waals surface area contributed by atoms with Crippen LogP contribution >= 0.6 is 0 Å². The predicted molar refractivity (Wildman–Crippen MR) is 501 cm³/mol. The molecule has 10 aromatic rings. The Kier molecular flexibility index (Phi) is 49.6. The zero-order chi connectivity index (χ0) is 97.2. The highest BCUT2D eigenvalue weighted by Crippen LogP contribution is 2.48. The van der Waals surface area contributed by atoms with Gasteiger partial charge in [0.25, 0.3) is 0 Å². The summed E-state index contributed by atoms with van der Waals surface area (Å²) in [4.78, 5) is 89.8. The second-order valence-electron chi connectivity index (χ2n) is 29.4. The van der Waals surface area contributed by atoms with E-state index in [9.17, 15) is 28.8 Å². The summed E-state index contributed by atoms with van der Waals surface area (Å²) in [6.45, 7) is 11.5. The second kappa shape index (κ2) is 63.4. The molecule has 0 saturated heterocycles. The maximum Gasteiger partial charge on any atom is 0.343 e. The molecular formula is C102H120O36. The summed E-state index contributed by atoms with van der Waals surface area (Å²) in [5.74, 6) is -5.28. The maximum atomic E-state index is 15.0. The highest BCUT2D eigenvalue weighted by molar-refractivity contribution is 6.27. The molecule has 138 heavy (non-hydrogen) atoms. The lowest BCUT2D eigenvalue weighted by molar-refractivity contribution is 0.0180. The number of rotatable bonds is 72. The Morgan fingerprint density at radius 2 is 0.261 bits per heavy atom. The lowest BCUT2D eigenvalue weighted by Crippen LogP contribution is -2.14. The molecule has 0 amide bonds. The molecule has 0 aliphatic carbocycles. The van der Waals surface area contributed by atoms with Crippen molar-refractivity contribution in [1.29, 1.82) is 0 Å². The Balaban J connectivity index is 1.10. The van der Waals surface area contributed by atoms with E-state index in [1.807, 2.05) is 0 Å². The lowest BCUT2D eigenvalue weighted by atomic mass is 9.93. The molecule has 0 bridgehead atoms. The molecule has 0 radical (unpaired) electrons. The van der Waals surface area contributed by atoms with Crippen LogP contribution in [0.4, 0.5) is 0 Å². The Morgan fingerprint density at radius 3 is 0.377 bits per heavy atom. The third kappa shape index (κ3) is 38.0. The van der Waals surface area contributed by atoms with Crippen LogP contribution in [0.15, 0.2) is 182 Å². The molecule has 0 saturated carbocycles. The van der Waals surface area contributed by atoms with Crippen molar-refractivity contribution in [2.45, 2.75) is 0 Å². The first-order chi connectivity index (χ1) is 67.8. The average Bonchev–Trinajstić information content (AvgIpc) is 0.720. The summed E-state index contributed by atoms with van der Waals surface area (Å²) in [5, 5.41) is 1.04. The number of hydrogen-bond acceptors (Lipinski definition) is 36. The molecule has 0 fully saturated rings. The summed E-state index contributed by atoms with van der Waals surface area (Å²) < 4.78 is 171. The largest absolute Gasteiger partial charge is 0.491 e. The maximum absolute atomic E-state index is 15.0. The van der Waals surface area contributed by atoms with Crippen LogP contribution in [-0.2, 0) is 85.3 Å². The number of benzene rings is 10. The zero-order valence-corrected chi connectivity index (χ0v) is 78.5. The molecular weight excluding hydrogens is 1800 g/mol. The summed E-state index contributed by atoms with van der Waals surface area (Å²) in [6, 6.07) is 45.0. The van der Waals surface area contributed by atoms with E-state index in [1.165, 1.54) is 109 Å². The molecule has 0 atom stereocenters. The number of carbonyl (C=O) groups excluding carboxylic acids is 6. The van der Waals surface area contributed by atoms with Crippen molar-refractivity contribution in [3.63, 3.8) is 0 Å².